The predicted octanol–water partition coefficient (Wildman–Crippen LogP) is 0.479. The van der Waals surface area contributed by atoms with Gasteiger partial charge >= 0.3 is 0 Å². The van der Waals surface area contributed by atoms with Crippen molar-refractivity contribution in [1.82, 2.24) is 0 Å². The first-order valence-electron chi connectivity index (χ1n) is 3.04. The van der Waals surface area contributed by atoms with Crippen molar-refractivity contribution in [2.75, 3.05) is 12.8 Å². The summed E-state index contributed by atoms with van der Waals surface area (Å²) >= 11 is 0. The Labute approximate surface area is 63.0 Å². The lowest BCUT2D eigenvalue weighted by atomic mass is 10.3. The number of isocyanates is 1. The molecule has 0 radical (unpaired) electrons. The van der Waals surface area contributed by atoms with Crippen LogP contribution in [0.1, 0.15) is 13.3 Å². The topological polar surface area (TPSA) is 46.5 Å². The fraction of sp³-hybridized carbons (Fsp3) is 0.833. The van der Waals surface area contributed by atoms with E-state index < -0.39 is 10.8 Å². The molecule has 0 aliphatic carbocycles. The first-order chi connectivity index (χ1) is 4.68. The number of aliphatic imine (C=N–C) groups is 1. The van der Waals surface area contributed by atoms with Gasteiger partial charge in [-0.15, -0.1) is 0 Å². The smallest absolute Gasteiger partial charge is 0.234 e. The SMILES string of the molecule is CC(CCN=C=O)S(C)=O. The molecule has 0 aliphatic heterocycles. The van der Waals surface area contributed by atoms with Crippen LogP contribution >= 0.6 is 0 Å². The molecule has 0 rings (SSSR count). The molecule has 0 heterocycles. The highest BCUT2D eigenvalue weighted by Crippen LogP contribution is 1.97. The van der Waals surface area contributed by atoms with Crippen molar-refractivity contribution in [1.29, 1.82) is 0 Å². The van der Waals surface area contributed by atoms with Gasteiger partial charge in [0.05, 0.1) is 6.54 Å². The minimum absolute atomic E-state index is 0.122. The van der Waals surface area contributed by atoms with E-state index in [0.29, 0.717) is 13.0 Å². The van der Waals surface area contributed by atoms with Crippen molar-refractivity contribution in [3.05, 3.63) is 0 Å². The average molecular weight is 161 g/mol. The standard InChI is InChI=1S/C6H11NO2S/c1-6(10(2)9)3-4-7-5-8/h6H,3-4H2,1-2H3. The van der Waals surface area contributed by atoms with Crippen LogP contribution in [0, 0.1) is 0 Å². The van der Waals surface area contributed by atoms with E-state index in [0.717, 1.165) is 0 Å². The molecule has 0 aromatic carbocycles. The highest BCUT2D eigenvalue weighted by molar-refractivity contribution is 7.84. The number of nitrogens with zero attached hydrogens (tertiary/aromatic N) is 1. The normalized spacial score (nSPS) is 15.4. The molecular formula is C6H11NO2S. The molecule has 58 valence electrons. The van der Waals surface area contributed by atoms with Gasteiger partial charge in [-0.3, -0.25) is 4.21 Å². The van der Waals surface area contributed by atoms with Crippen LogP contribution in [-0.4, -0.2) is 28.3 Å². The fourth-order valence-corrected chi connectivity index (χ4v) is 0.895. The lowest BCUT2D eigenvalue weighted by molar-refractivity contribution is 0.562. The zero-order chi connectivity index (χ0) is 7.98. The quantitative estimate of drug-likeness (QED) is 0.444. The van der Waals surface area contributed by atoms with Crippen molar-refractivity contribution in [3.63, 3.8) is 0 Å². The van der Waals surface area contributed by atoms with Gasteiger partial charge in [0.15, 0.2) is 0 Å². The molecule has 2 atom stereocenters. The molecule has 3 nitrogen and oxygen atoms in total. The van der Waals surface area contributed by atoms with Crippen LogP contribution in [0.4, 0.5) is 0 Å². The summed E-state index contributed by atoms with van der Waals surface area (Å²) in [4.78, 5) is 12.9. The van der Waals surface area contributed by atoms with Gasteiger partial charge in [0, 0.05) is 22.3 Å². The molecule has 0 bridgehead atoms. The average Bonchev–Trinajstić information content (AvgIpc) is 1.88. The molecular weight excluding hydrogens is 150 g/mol. The van der Waals surface area contributed by atoms with Gasteiger partial charge in [-0.1, -0.05) is 6.92 Å². The fourth-order valence-electron chi connectivity index (χ4n) is 0.458. The molecule has 0 saturated carbocycles. The Morgan fingerprint density at radius 3 is 2.70 bits per heavy atom. The van der Waals surface area contributed by atoms with E-state index >= 15 is 0 Å². The van der Waals surface area contributed by atoms with E-state index in [1.54, 1.807) is 6.26 Å². The Morgan fingerprint density at radius 2 is 2.30 bits per heavy atom. The van der Waals surface area contributed by atoms with Crippen molar-refractivity contribution < 1.29 is 9.00 Å². The Morgan fingerprint density at radius 1 is 1.70 bits per heavy atom. The van der Waals surface area contributed by atoms with Crippen molar-refractivity contribution >= 4 is 16.9 Å². The molecule has 0 aromatic heterocycles. The summed E-state index contributed by atoms with van der Waals surface area (Å²) in [6.45, 7) is 2.31. The third-order valence-corrected chi connectivity index (χ3v) is 2.65. The lowest BCUT2D eigenvalue weighted by Gasteiger charge is -2.02. The number of hydrogen-bond acceptors (Lipinski definition) is 3. The highest BCUT2D eigenvalue weighted by atomic mass is 32.2. The van der Waals surface area contributed by atoms with Crippen LogP contribution in [0.3, 0.4) is 0 Å². The molecule has 10 heavy (non-hydrogen) atoms. The second kappa shape index (κ2) is 5.33. The molecule has 0 saturated heterocycles. The third kappa shape index (κ3) is 4.41. The Balaban J connectivity index is 3.48. The Kier molecular flexibility index (Phi) is 5.08. The second-order valence-electron chi connectivity index (χ2n) is 2.07. The molecule has 0 aliphatic rings. The van der Waals surface area contributed by atoms with Crippen LogP contribution in [0.25, 0.3) is 0 Å². The number of carbonyl (C=O) groups excluding carboxylic acids is 1. The van der Waals surface area contributed by atoms with Crippen LogP contribution in [0.2, 0.25) is 0 Å². The lowest BCUT2D eigenvalue weighted by Crippen LogP contribution is -2.09. The van der Waals surface area contributed by atoms with Gasteiger partial charge < -0.3 is 0 Å². The summed E-state index contributed by atoms with van der Waals surface area (Å²) in [6.07, 6.45) is 3.78. The van der Waals surface area contributed by atoms with Gasteiger partial charge in [0.1, 0.15) is 0 Å². The number of hydrogen-bond donors (Lipinski definition) is 0. The monoisotopic (exact) mass is 161 g/mol. The van der Waals surface area contributed by atoms with Crippen LogP contribution in [0.15, 0.2) is 4.99 Å². The molecule has 2 unspecified atom stereocenters. The molecule has 0 spiro atoms. The second-order valence-corrected chi connectivity index (χ2v) is 3.87. The first kappa shape index (κ1) is 9.53. The van der Waals surface area contributed by atoms with Gasteiger partial charge in [-0.05, 0) is 6.42 Å². The summed E-state index contributed by atoms with van der Waals surface area (Å²) in [5.41, 5.74) is 0. The Hall–Kier alpha value is -0.470. The van der Waals surface area contributed by atoms with E-state index in [-0.39, 0.29) is 5.25 Å². The van der Waals surface area contributed by atoms with Crippen molar-refractivity contribution in [3.8, 4) is 0 Å². The summed E-state index contributed by atoms with van der Waals surface area (Å²) in [7, 11) is -0.804. The summed E-state index contributed by atoms with van der Waals surface area (Å²) in [5.74, 6) is 0. The molecule has 0 aromatic rings. The highest BCUT2D eigenvalue weighted by Gasteiger charge is 2.03. The van der Waals surface area contributed by atoms with Gasteiger partial charge in [0.2, 0.25) is 6.08 Å². The summed E-state index contributed by atoms with van der Waals surface area (Å²) in [5, 5.41) is 0.122. The van der Waals surface area contributed by atoms with E-state index in [1.807, 2.05) is 6.92 Å². The zero-order valence-electron chi connectivity index (χ0n) is 6.16. The van der Waals surface area contributed by atoms with E-state index in [1.165, 1.54) is 6.08 Å². The van der Waals surface area contributed by atoms with Gasteiger partial charge in [-0.25, -0.2) is 9.79 Å². The van der Waals surface area contributed by atoms with E-state index in [4.69, 9.17) is 0 Å². The van der Waals surface area contributed by atoms with Crippen molar-refractivity contribution in [2.45, 2.75) is 18.6 Å². The minimum atomic E-state index is -0.804. The zero-order valence-corrected chi connectivity index (χ0v) is 6.98. The Bertz CT molecular complexity index is 163. The maximum Gasteiger partial charge on any atom is 0.234 e. The largest absolute Gasteiger partial charge is 0.260 e. The maximum absolute atomic E-state index is 10.7. The summed E-state index contributed by atoms with van der Waals surface area (Å²) < 4.78 is 10.7. The number of rotatable bonds is 4. The molecule has 0 N–H and O–H groups in total. The molecule has 4 heteroatoms. The molecule has 0 fully saturated rings. The van der Waals surface area contributed by atoms with Crippen LogP contribution in [-0.2, 0) is 15.6 Å². The van der Waals surface area contributed by atoms with Crippen LogP contribution in [0.5, 0.6) is 0 Å². The summed E-state index contributed by atoms with van der Waals surface area (Å²) in [6, 6.07) is 0. The van der Waals surface area contributed by atoms with E-state index in [9.17, 15) is 9.00 Å². The maximum atomic E-state index is 10.7. The predicted molar refractivity (Wildman–Crippen MR) is 41.1 cm³/mol. The van der Waals surface area contributed by atoms with Gasteiger partial charge in [-0.2, -0.15) is 0 Å². The third-order valence-electron chi connectivity index (χ3n) is 1.28. The molecule has 0 amide bonds. The minimum Gasteiger partial charge on any atom is -0.260 e. The van der Waals surface area contributed by atoms with Crippen molar-refractivity contribution in [2.24, 2.45) is 4.99 Å². The van der Waals surface area contributed by atoms with Gasteiger partial charge in [0.25, 0.3) is 0 Å². The van der Waals surface area contributed by atoms with E-state index in [2.05, 4.69) is 4.99 Å². The first-order valence-corrected chi connectivity index (χ1v) is 4.66. The van der Waals surface area contributed by atoms with Crippen LogP contribution < -0.4 is 0 Å².